The summed E-state index contributed by atoms with van der Waals surface area (Å²) in [5.74, 6) is -1.17. The number of carbonyl (C=O) groups is 2. The number of phenols is 1. The fourth-order valence-corrected chi connectivity index (χ4v) is 3.36. The van der Waals surface area contributed by atoms with Crippen LogP contribution < -0.4 is 4.74 Å². The number of hydrogen-bond acceptors (Lipinski definition) is 8. The van der Waals surface area contributed by atoms with Crippen molar-refractivity contribution in [3.8, 4) is 11.5 Å². The highest BCUT2D eigenvalue weighted by Gasteiger charge is 2.24. The molecule has 0 aliphatic carbocycles. The maximum Gasteiger partial charge on any atom is 0.345 e. The number of aromatic hydroxyl groups is 1. The van der Waals surface area contributed by atoms with Crippen LogP contribution in [-0.4, -0.2) is 44.8 Å². The van der Waals surface area contributed by atoms with Gasteiger partial charge in [-0.1, -0.05) is 0 Å². The van der Waals surface area contributed by atoms with Crippen molar-refractivity contribution in [1.29, 1.82) is 0 Å². The number of benzene rings is 1. The van der Waals surface area contributed by atoms with Gasteiger partial charge in [0.2, 0.25) is 6.10 Å². The number of aromatic nitrogens is 2. The van der Waals surface area contributed by atoms with E-state index in [1.165, 1.54) is 12.1 Å². The highest BCUT2D eigenvalue weighted by atomic mass is 79.9. The van der Waals surface area contributed by atoms with Gasteiger partial charge in [0.05, 0.1) is 10.2 Å². The predicted octanol–water partition coefficient (Wildman–Crippen LogP) is 2.93. The molecule has 2 aromatic rings. The van der Waals surface area contributed by atoms with E-state index in [2.05, 4.69) is 25.9 Å². The molecule has 1 aromatic heterocycles. The number of carboxylic acid groups (broad SMARTS) is 1. The standard InChI is InChI=1S/C20H21BrN2O7/c1-11(24)30-18(20(26)27)8-12-7-15(25)14(21)9-17(12)29-10-13-4-5-22-19(23-13)16-3-2-6-28-16/h4-5,7,9,16,18,25H,2-3,6,8,10H2,1H3,(H,26,27). The second kappa shape index (κ2) is 9.86. The van der Waals surface area contributed by atoms with Crippen LogP contribution in [0.3, 0.4) is 0 Å². The van der Waals surface area contributed by atoms with Crippen molar-refractivity contribution in [1.82, 2.24) is 9.97 Å². The number of halogens is 1. The third-order valence-electron chi connectivity index (χ3n) is 4.44. The molecule has 0 bridgehead atoms. The van der Waals surface area contributed by atoms with Crippen molar-refractivity contribution >= 4 is 27.9 Å². The predicted molar refractivity (Wildman–Crippen MR) is 107 cm³/mol. The van der Waals surface area contributed by atoms with Crippen molar-refractivity contribution in [2.24, 2.45) is 0 Å². The largest absolute Gasteiger partial charge is 0.507 e. The van der Waals surface area contributed by atoms with E-state index in [1.807, 2.05) is 0 Å². The minimum Gasteiger partial charge on any atom is -0.507 e. The minimum absolute atomic E-state index is 0.0907. The molecule has 1 fully saturated rings. The smallest absolute Gasteiger partial charge is 0.345 e. The molecule has 1 aliphatic rings. The zero-order valence-corrected chi connectivity index (χ0v) is 17.8. The van der Waals surface area contributed by atoms with E-state index in [0.717, 1.165) is 19.8 Å². The molecule has 2 heterocycles. The van der Waals surface area contributed by atoms with Gasteiger partial charge < -0.3 is 24.4 Å². The molecule has 1 saturated heterocycles. The van der Waals surface area contributed by atoms with Gasteiger partial charge in [0.1, 0.15) is 24.2 Å². The molecule has 2 N–H and O–H groups in total. The summed E-state index contributed by atoms with van der Waals surface area (Å²) >= 11 is 3.22. The number of phenolic OH excluding ortho intramolecular Hbond substituents is 1. The van der Waals surface area contributed by atoms with Crippen LogP contribution in [0.4, 0.5) is 0 Å². The molecular weight excluding hydrogens is 460 g/mol. The van der Waals surface area contributed by atoms with E-state index in [0.29, 0.717) is 33.9 Å². The molecule has 10 heteroatoms. The molecule has 160 valence electrons. The number of aliphatic carboxylic acids is 1. The van der Waals surface area contributed by atoms with Crippen molar-refractivity contribution in [2.75, 3.05) is 6.61 Å². The first kappa shape index (κ1) is 22.0. The molecule has 0 spiro atoms. The molecule has 3 rings (SSSR count). The van der Waals surface area contributed by atoms with E-state index in [1.54, 1.807) is 12.3 Å². The van der Waals surface area contributed by atoms with E-state index in [4.69, 9.17) is 14.2 Å². The molecular formula is C20H21BrN2O7. The Bertz CT molecular complexity index is 931. The summed E-state index contributed by atoms with van der Waals surface area (Å²) in [6.07, 6.45) is 1.77. The maximum absolute atomic E-state index is 11.4. The highest BCUT2D eigenvalue weighted by Crippen LogP contribution is 2.33. The lowest BCUT2D eigenvalue weighted by Crippen LogP contribution is -2.28. The van der Waals surface area contributed by atoms with Crippen LogP contribution in [0.5, 0.6) is 11.5 Å². The number of hydrogen-bond donors (Lipinski definition) is 2. The third-order valence-corrected chi connectivity index (χ3v) is 5.08. The molecule has 30 heavy (non-hydrogen) atoms. The summed E-state index contributed by atoms with van der Waals surface area (Å²) in [6, 6.07) is 4.61. The first-order valence-electron chi connectivity index (χ1n) is 9.31. The van der Waals surface area contributed by atoms with Crippen LogP contribution in [0.15, 0.2) is 28.9 Å². The molecule has 1 aromatic carbocycles. The monoisotopic (exact) mass is 480 g/mol. The summed E-state index contributed by atoms with van der Waals surface area (Å²) in [7, 11) is 0. The van der Waals surface area contributed by atoms with Gasteiger partial charge in [0.15, 0.2) is 5.82 Å². The number of nitrogens with zero attached hydrogens (tertiary/aromatic N) is 2. The van der Waals surface area contributed by atoms with Gasteiger partial charge in [-0.2, -0.15) is 0 Å². The van der Waals surface area contributed by atoms with Gasteiger partial charge >= 0.3 is 11.9 Å². The second-order valence-electron chi connectivity index (χ2n) is 6.75. The molecule has 0 saturated carbocycles. The minimum atomic E-state index is -1.41. The van der Waals surface area contributed by atoms with Crippen LogP contribution in [0, 0.1) is 0 Å². The topological polar surface area (TPSA) is 128 Å². The number of ether oxygens (including phenoxy) is 3. The summed E-state index contributed by atoms with van der Waals surface area (Å²) in [5, 5.41) is 19.3. The van der Waals surface area contributed by atoms with Crippen LogP contribution in [0.2, 0.25) is 0 Å². The van der Waals surface area contributed by atoms with Gasteiger partial charge in [-0.05, 0) is 47.0 Å². The van der Waals surface area contributed by atoms with Crippen molar-refractivity contribution < 1.29 is 34.0 Å². The molecule has 0 radical (unpaired) electrons. The Balaban J connectivity index is 1.78. The quantitative estimate of drug-likeness (QED) is 0.547. The number of carboxylic acids is 1. The number of rotatable bonds is 8. The average molecular weight is 481 g/mol. The Morgan fingerprint density at radius 1 is 1.40 bits per heavy atom. The molecule has 2 atom stereocenters. The molecule has 0 amide bonds. The summed E-state index contributed by atoms with van der Waals surface area (Å²) in [4.78, 5) is 31.4. The summed E-state index contributed by atoms with van der Waals surface area (Å²) < 4.78 is 16.7. The van der Waals surface area contributed by atoms with Gasteiger partial charge in [0.25, 0.3) is 0 Å². The van der Waals surface area contributed by atoms with Crippen LogP contribution in [0.25, 0.3) is 0 Å². The average Bonchev–Trinajstić information content (AvgIpc) is 3.23. The number of esters is 1. The lowest BCUT2D eigenvalue weighted by molar-refractivity contribution is -0.162. The normalized spacial score (nSPS) is 16.8. The summed E-state index contributed by atoms with van der Waals surface area (Å²) in [6.45, 7) is 1.91. The number of carbonyl (C=O) groups excluding carboxylic acids is 1. The van der Waals surface area contributed by atoms with E-state index < -0.39 is 18.0 Å². The van der Waals surface area contributed by atoms with Gasteiger partial charge in [-0.15, -0.1) is 0 Å². The van der Waals surface area contributed by atoms with Crippen molar-refractivity contribution in [2.45, 2.75) is 45.0 Å². The maximum atomic E-state index is 11.4. The zero-order valence-electron chi connectivity index (χ0n) is 16.2. The van der Waals surface area contributed by atoms with Gasteiger partial charge in [0, 0.05) is 31.7 Å². The Morgan fingerprint density at radius 2 is 2.20 bits per heavy atom. The Hall–Kier alpha value is -2.72. The Morgan fingerprint density at radius 3 is 2.87 bits per heavy atom. The first-order chi connectivity index (χ1) is 14.3. The van der Waals surface area contributed by atoms with Crippen molar-refractivity contribution in [3.05, 3.63) is 46.0 Å². The lowest BCUT2D eigenvalue weighted by Gasteiger charge is -2.17. The zero-order chi connectivity index (χ0) is 21.7. The van der Waals surface area contributed by atoms with Gasteiger partial charge in [-0.3, -0.25) is 4.79 Å². The van der Waals surface area contributed by atoms with E-state index >= 15 is 0 Å². The molecule has 1 aliphatic heterocycles. The first-order valence-corrected chi connectivity index (χ1v) is 10.1. The highest BCUT2D eigenvalue weighted by molar-refractivity contribution is 9.10. The van der Waals surface area contributed by atoms with E-state index in [-0.39, 0.29) is 24.9 Å². The summed E-state index contributed by atoms with van der Waals surface area (Å²) in [5.41, 5.74) is 0.998. The fourth-order valence-electron chi connectivity index (χ4n) is 3.04. The van der Waals surface area contributed by atoms with Gasteiger partial charge in [-0.25, -0.2) is 14.8 Å². The molecule has 2 unspecified atom stereocenters. The van der Waals surface area contributed by atoms with Crippen LogP contribution in [-0.2, 0) is 32.1 Å². The second-order valence-corrected chi connectivity index (χ2v) is 7.60. The van der Waals surface area contributed by atoms with Crippen LogP contribution in [0.1, 0.15) is 43.0 Å². The van der Waals surface area contributed by atoms with E-state index in [9.17, 15) is 19.8 Å². The Kier molecular flexibility index (Phi) is 7.22. The fraction of sp³-hybridized carbons (Fsp3) is 0.400. The Labute approximate surface area is 181 Å². The SMILES string of the molecule is CC(=O)OC(Cc1cc(O)c(Br)cc1OCc1ccnc(C2CCCO2)n1)C(=O)O. The van der Waals surface area contributed by atoms with Crippen molar-refractivity contribution in [3.63, 3.8) is 0 Å². The van der Waals surface area contributed by atoms with Crippen LogP contribution >= 0.6 is 15.9 Å². The lowest BCUT2D eigenvalue weighted by atomic mass is 10.1. The third kappa shape index (κ3) is 5.67. The molecule has 9 nitrogen and oxygen atoms in total.